The zero-order valence-corrected chi connectivity index (χ0v) is 27.8. The molecule has 6 heteroatoms. The van der Waals surface area contributed by atoms with E-state index >= 15 is 0 Å². The van der Waals surface area contributed by atoms with Gasteiger partial charge in [0.05, 0.1) is 12.8 Å². The maximum Gasteiger partial charge on any atom is 0.306 e. The fraction of sp³-hybridized carbons (Fsp3) is 0.889. The number of hydrogen-bond donors (Lipinski definition) is 1. The minimum atomic E-state index is -0.730. The van der Waals surface area contributed by atoms with Gasteiger partial charge in [-0.2, -0.15) is 0 Å². The van der Waals surface area contributed by atoms with Crippen LogP contribution in [-0.4, -0.2) is 61.4 Å². The predicted molar refractivity (Wildman–Crippen MR) is 168 cm³/mol. The Morgan fingerprint density at radius 3 is 2.45 bits per heavy atom. The van der Waals surface area contributed by atoms with Crippen molar-refractivity contribution in [3.05, 3.63) is 11.6 Å². The number of allylic oxidation sites excluding steroid dienone is 1. The third-order valence-corrected chi connectivity index (χ3v) is 12.1. The Morgan fingerprint density at radius 2 is 1.74 bits per heavy atom. The van der Waals surface area contributed by atoms with Gasteiger partial charge in [-0.3, -0.25) is 9.59 Å². The molecule has 6 nitrogen and oxygen atoms in total. The van der Waals surface area contributed by atoms with E-state index in [-0.39, 0.29) is 36.9 Å². The van der Waals surface area contributed by atoms with E-state index in [1.165, 1.54) is 56.9 Å². The molecule has 0 amide bonds. The average Bonchev–Trinajstić information content (AvgIpc) is 3.27. The van der Waals surface area contributed by atoms with Gasteiger partial charge in [-0.1, -0.05) is 65.5 Å². The van der Waals surface area contributed by atoms with Crippen LogP contribution in [0.1, 0.15) is 118 Å². The number of aliphatic hydroxyl groups is 1. The highest BCUT2D eigenvalue weighted by Gasteiger charge is 2.59. The summed E-state index contributed by atoms with van der Waals surface area (Å²) in [7, 11) is 3.70. The van der Waals surface area contributed by atoms with Crippen LogP contribution in [0, 0.1) is 46.3 Å². The van der Waals surface area contributed by atoms with E-state index in [1.54, 1.807) is 0 Å². The van der Waals surface area contributed by atoms with Gasteiger partial charge >= 0.3 is 11.9 Å². The molecule has 0 aromatic rings. The van der Waals surface area contributed by atoms with Crippen molar-refractivity contribution in [2.24, 2.45) is 46.3 Å². The molecule has 0 heterocycles. The molecule has 0 saturated heterocycles. The van der Waals surface area contributed by atoms with Crippen molar-refractivity contribution < 1.29 is 24.2 Å². The molecule has 0 aliphatic heterocycles. The lowest BCUT2D eigenvalue weighted by atomic mass is 9.47. The van der Waals surface area contributed by atoms with Crippen molar-refractivity contribution in [1.82, 2.24) is 4.90 Å². The SMILES string of the molecule is CC(C)CCC[C@@H](C)[C@H]1CCC2C3CC=C4CC(OC(=O)CCC(=O)OCC(O)CN(C)C)CC[C@]4(C)C3CC[C@@]21C. The highest BCUT2D eigenvalue weighted by Crippen LogP contribution is 2.67. The largest absolute Gasteiger partial charge is 0.463 e. The molecule has 42 heavy (non-hydrogen) atoms. The number of ether oxygens (including phenoxy) is 2. The molecule has 5 unspecified atom stereocenters. The van der Waals surface area contributed by atoms with E-state index in [9.17, 15) is 14.7 Å². The summed E-state index contributed by atoms with van der Waals surface area (Å²) in [6.45, 7) is 12.8. The molecule has 3 saturated carbocycles. The van der Waals surface area contributed by atoms with Gasteiger partial charge in [-0.05, 0) is 105 Å². The van der Waals surface area contributed by atoms with E-state index in [2.05, 4.69) is 40.7 Å². The van der Waals surface area contributed by atoms with Crippen molar-refractivity contribution in [3.8, 4) is 0 Å². The first-order valence-electron chi connectivity index (χ1n) is 17.2. The van der Waals surface area contributed by atoms with Crippen LogP contribution in [0.15, 0.2) is 11.6 Å². The normalized spacial score (nSPS) is 35.6. The molecule has 0 spiro atoms. The first-order valence-corrected chi connectivity index (χ1v) is 17.2. The molecule has 4 aliphatic carbocycles. The number of fused-ring (bicyclic) bond motifs is 5. The summed E-state index contributed by atoms with van der Waals surface area (Å²) in [6.07, 6.45) is 15.4. The average molecular weight is 588 g/mol. The molecule has 240 valence electrons. The summed E-state index contributed by atoms with van der Waals surface area (Å²) in [5, 5.41) is 9.87. The Labute approximate surface area is 256 Å². The summed E-state index contributed by atoms with van der Waals surface area (Å²) < 4.78 is 11.0. The monoisotopic (exact) mass is 587 g/mol. The Hall–Kier alpha value is -1.40. The molecule has 0 aromatic heterocycles. The fourth-order valence-corrected chi connectivity index (χ4v) is 9.94. The fourth-order valence-electron chi connectivity index (χ4n) is 9.94. The summed E-state index contributed by atoms with van der Waals surface area (Å²) in [6, 6.07) is 0. The smallest absolute Gasteiger partial charge is 0.306 e. The number of esters is 2. The molecular formula is C36H61NO5. The number of carbonyl (C=O) groups is 2. The third kappa shape index (κ3) is 7.62. The molecule has 3 fully saturated rings. The van der Waals surface area contributed by atoms with Crippen molar-refractivity contribution in [2.45, 2.75) is 130 Å². The van der Waals surface area contributed by atoms with Crippen LogP contribution in [-0.2, 0) is 19.1 Å². The maximum atomic E-state index is 12.6. The molecule has 9 atom stereocenters. The van der Waals surface area contributed by atoms with Crippen molar-refractivity contribution >= 4 is 11.9 Å². The quantitative estimate of drug-likeness (QED) is 0.182. The van der Waals surface area contributed by atoms with Crippen LogP contribution >= 0.6 is 0 Å². The van der Waals surface area contributed by atoms with Crippen LogP contribution in [0.25, 0.3) is 0 Å². The summed E-state index contributed by atoms with van der Waals surface area (Å²) >= 11 is 0. The van der Waals surface area contributed by atoms with E-state index in [1.807, 2.05) is 19.0 Å². The van der Waals surface area contributed by atoms with Gasteiger partial charge in [0.25, 0.3) is 0 Å². The van der Waals surface area contributed by atoms with E-state index < -0.39 is 12.1 Å². The lowest BCUT2D eigenvalue weighted by molar-refractivity contribution is -0.156. The Kier molecular flexibility index (Phi) is 11.3. The summed E-state index contributed by atoms with van der Waals surface area (Å²) in [5.74, 6) is 4.13. The summed E-state index contributed by atoms with van der Waals surface area (Å²) in [4.78, 5) is 26.5. The standard InChI is InChI=1S/C36H61NO5/c1-24(2)9-8-10-25(3)30-13-14-31-29-12-11-26-21-28(17-19-35(26,4)32(29)18-20-36(30,31)5)42-34(40)16-15-33(39)41-23-27(38)22-37(6)7/h11,24-25,27-32,38H,8-10,12-23H2,1-7H3/t25-,27?,28?,29?,30-,31?,32?,35+,36-/m1/s1. The molecule has 1 N–H and O–H groups in total. The molecule has 0 radical (unpaired) electrons. The number of aliphatic hydroxyl groups excluding tert-OH is 1. The second-order valence-electron chi connectivity index (χ2n) is 15.7. The zero-order chi connectivity index (χ0) is 30.7. The molecule has 0 aromatic carbocycles. The highest BCUT2D eigenvalue weighted by molar-refractivity contribution is 5.77. The molecule has 4 rings (SSSR count). The number of nitrogens with zero attached hydrogens (tertiary/aromatic N) is 1. The second kappa shape index (κ2) is 14.1. The van der Waals surface area contributed by atoms with Gasteiger partial charge in [-0.25, -0.2) is 0 Å². The van der Waals surface area contributed by atoms with Crippen molar-refractivity contribution in [3.63, 3.8) is 0 Å². The lowest BCUT2D eigenvalue weighted by Crippen LogP contribution is -2.51. The topological polar surface area (TPSA) is 76.1 Å². The van der Waals surface area contributed by atoms with E-state index in [4.69, 9.17) is 9.47 Å². The van der Waals surface area contributed by atoms with Gasteiger partial charge in [0, 0.05) is 13.0 Å². The minimum absolute atomic E-state index is 0.0120. The van der Waals surface area contributed by atoms with Crippen LogP contribution in [0.2, 0.25) is 0 Å². The first-order chi connectivity index (χ1) is 19.8. The zero-order valence-electron chi connectivity index (χ0n) is 27.8. The van der Waals surface area contributed by atoms with Gasteiger partial charge < -0.3 is 19.5 Å². The number of hydrogen-bond acceptors (Lipinski definition) is 6. The van der Waals surface area contributed by atoms with Crippen molar-refractivity contribution in [1.29, 1.82) is 0 Å². The Morgan fingerprint density at radius 1 is 1.00 bits per heavy atom. The van der Waals surface area contributed by atoms with Crippen molar-refractivity contribution in [2.75, 3.05) is 27.2 Å². The Bertz CT molecular complexity index is 960. The Balaban J connectivity index is 1.28. The van der Waals surface area contributed by atoms with Gasteiger partial charge in [-0.15, -0.1) is 0 Å². The lowest BCUT2D eigenvalue weighted by Gasteiger charge is -2.58. The second-order valence-corrected chi connectivity index (χ2v) is 15.7. The highest BCUT2D eigenvalue weighted by atomic mass is 16.5. The molecule has 4 aliphatic rings. The third-order valence-electron chi connectivity index (χ3n) is 12.1. The number of carbonyl (C=O) groups excluding carboxylic acids is 2. The van der Waals surface area contributed by atoms with Gasteiger partial charge in [0.2, 0.25) is 0 Å². The van der Waals surface area contributed by atoms with E-state index in [0.717, 1.165) is 54.8 Å². The van der Waals surface area contributed by atoms with Crippen LogP contribution < -0.4 is 0 Å². The van der Waals surface area contributed by atoms with E-state index in [0.29, 0.717) is 12.0 Å². The molecule has 0 bridgehead atoms. The number of likely N-dealkylation sites (N-methyl/N-ethyl adjacent to an activating group) is 1. The van der Waals surface area contributed by atoms with Gasteiger partial charge in [0.15, 0.2) is 0 Å². The van der Waals surface area contributed by atoms with Gasteiger partial charge in [0.1, 0.15) is 18.8 Å². The maximum absolute atomic E-state index is 12.6. The molecular weight excluding hydrogens is 526 g/mol. The predicted octanol–water partition coefficient (Wildman–Crippen LogP) is 7.19. The van der Waals surface area contributed by atoms with Crippen LogP contribution in [0.4, 0.5) is 0 Å². The first kappa shape index (κ1) is 33.5. The minimum Gasteiger partial charge on any atom is -0.463 e. The number of rotatable bonds is 13. The van der Waals surface area contributed by atoms with Crippen LogP contribution in [0.3, 0.4) is 0 Å². The van der Waals surface area contributed by atoms with Crippen LogP contribution in [0.5, 0.6) is 0 Å². The summed E-state index contributed by atoms with van der Waals surface area (Å²) in [5.41, 5.74) is 2.24.